The second kappa shape index (κ2) is 9.32. The maximum atomic E-state index is 12.4. The Balaban J connectivity index is 2.25. The number of hydrogen-bond donors (Lipinski definition) is 1. The number of aliphatic hydroxyl groups excluding tert-OH is 1. The summed E-state index contributed by atoms with van der Waals surface area (Å²) in [5, 5.41) is 10.9. The van der Waals surface area contributed by atoms with Gasteiger partial charge in [-0.05, 0) is 47.8 Å². The van der Waals surface area contributed by atoms with E-state index in [0.29, 0.717) is 12.3 Å². The van der Waals surface area contributed by atoms with Crippen molar-refractivity contribution in [3.05, 3.63) is 47.0 Å². The van der Waals surface area contributed by atoms with E-state index < -0.39 is 18.0 Å². The summed E-state index contributed by atoms with van der Waals surface area (Å²) in [7, 11) is 1.34. The third-order valence-electron chi connectivity index (χ3n) is 5.58. The first kappa shape index (κ1) is 21.4. The van der Waals surface area contributed by atoms with Gasteiger partial charge < -0.3 is 9.84 Å². The Morgan fingerprint density at radius 1 is 1.22 bits per heavy atom. The number of aldehydes is 1. The van der Waals surface area contributed by atoms with E-state index >= 15 is 0 Å². The number of methoxy groups -OCH3 is 1. The molecule has 1 fully saturated rings. The van der Waals surface area contributed by atoms with Gasteiger partial charge in [-0.25, -0.2) is 0 Å². The molecule has 2 atom stereocenters. The zero-order chi connectivity index (χ0) is 20.0. The molecule has 1 saturated carbocycles. The first-order valence-electron chi connectivity index (χ1n) is 9.78. The Hall–Kier alpha value is -1.94. The third-order valence-corrected chi connectivity index (χ3v) is 5.58. The van der Waals surface area contributed by atoms with Crippen LogP contribution in [0.1, 0.15) is 69.9 Å². The minimum atomic E-state index is -0.926. The predicted molar refractivity (Wildman–Crippen MR) is 107 cm³/mol. The van der Waals surface area contributed by atoms with Gasteiger partial charge in [0.15, 0.2) is 0 Å². The molecule has 4 heteroatoms. The minimum Gasteiger partial charge on any atom is -0.468 e. The zero-order valence-electron chi connectivity index (χ0n) is 16.9. The van der Waals surface area contributed by atoms with Crippen molar-refractivity contribution >= 4 is 12.3 Å². The van der Waals surface area contributed by atoms with Crippen LogP contribution in [0, 0.1) is 5.92 Å². The Morgan fingerprint density at radius 2 is 1.81 bits per heavy atom. The molecule has 0 aromatic heterocycles. The normalized spacial score (nSPS) is 18.2. The number of benzene rings is 1. The molecule has 0 amide bonds. The number of esters is 1. The maximum Gasteiger partial charge on any atom is 0.315 e. The van der Waals surface area contributed by atoms with Crippen LogP contribution in [-0.4, -0.2) is 30.6 Å². The number of aliphatic hydroxyl groups is 1. The van der Waals surface area contributed by atoms with Gasteiger partial charge in [0.2, 0.25) is 0 Å². The molecular weight excluding hydrogens is 340 g/mol. The van der Waals surface area contributed by atoms with Crippen LogP contribution >= 0.6 is 0 Å². The number of hydrogen-bond acceptors (Lipinski definition) is 4. The molecule has 148 valence electrons. The molecule has 1 aromatic rings. The molecular formula is C23H32O4. The molecule has 0 saturated heterocycles. The van der Waals surface area contributed by atoms with Crippen LogP contribution in [0.5, 0.6) is 0 Å². The fraction of sp³-hybridized carbons (Fsp3) is 0.565. The van der Waals surface area contributed by atoms with Crippen LogP contribution in [0.3, 0.4) is 0 Å². The summed E-state index contributed by atoms with van der Waals surface area (Å²) in [6.45, 7) is 6.40. The molecule has 0 aliphatic heterocycles. The number of allylic oxidation sites excluding steroid dienone is 1. The number of carbonyl (C=O) groups is 2. The van der Waals surface area contributed by atoms with E-state index in [4.69, 9.17) is 4.74 Å². The molecule has 1 aromatic carbocycles. The summed E-state index contributed by atoms with van der Waals surface area (Å²) in [5.41, 5.74) is 2.85. The molecule has 1 N–H and O–H groups in total. The lowest BCUT2D eigenvalue weighted by Gasteiger charge is -2.25. The fourth-order valence-electron chi connectivity index (χ4n) is 3.95. The summed E-state index contributed by atoms with van der Waals surface area (Å²) in [4.78, 5) is 23.5. The van der Waals surface area contributed by atoms with Gasteiger partial charge in [-0.15, -0.1) is 0 Å². The Labute approximate surface area is 162 Å². The number of ether oxygens (including phenoxy) is 1. The summed E-state index contributed by atoms with van der Waals surface area (Å²) < 4.78 is 4.96. The lowest BCUT2D eigenvalue weighted by molar-refractivity contribution is -0.145. The van der Waals surface area contributed by atoms with Crippen molar-refractivity contribution in [2.75, 3.05) is 7.11 Å². The van der Waals surface area contributed by atoms with E-state index in [1.54, 1.807) is 6.08 Å². The topological polar surface area (TPSA) is 63.6 Å². The van der Waals surface area contributed by atoms with Crippen LogP contribution in [0.2, 0.25) is 0 Å². The second-order valence-electron chi connectivity index (χ2n) is 8.50. The molecule has 27 heavy (non-hydrogen) atoms. The quantitative estimate of drug-likeness (QED) is 0.440. The average Bonchev–Trinajstić information content (AvgIpc) is 3.15. The second-order valence-corrected chi connectivity index (χ2v) is 8.50. The molecule has 1 aliphatic rings. The smallest absolute Gasteiger partial charge is 0.315 e. The van der Waals surface area contributed by atoms with Crippen molar-refractivity contribution in [3.8, 4) is 0 Å². The predicted octanol–water partition coefficient (Wildman–Crippen LogP) is 4.31. The zero-order valence-corrected chi connectivity index (χ0v) is 16.9. The van der Waals surface area contributed by atoms with Crippen molar-refractivity contribution in [1.82, 2.24) is 0 Å². The van der Waals surface area contributed by atoms with E-state index in [1.165, 1.54) is 7.11 Å². The third kappa shape index (κ3) is 5.52. The summed E-state index contributed by atoms with van der Waals surface area (Å²) in [6.07, 6.45) is 6.10. The van der Waals surface area contributed by atoms with E-state index in [-0.39, 0.29) is 5.41 Å². The van der Waals surface area contributed by atoms with Gasteiger partial charge in [0.1, 0.15) is 12.2 Å². The standard InChI is InChI=1S/C23H32O4/c1-23(2,3)19-11-9-17(10-12-19)21(22(26)27-4)20(25)15-18(13-14-24)16-7-5-6-8-16/h9-14,16,20-21,25H,5-8,15H2,1-4H3/b18-13-/t20-,21-/m0/s1. The van der Waals surface area contributed by atoms with Crippen LogP contribution in [0.4, 0.5) is 0 Å². The van der Waals surface area contributed by atoms with Gasteiger partial charge in [-0.1, -0.05) is 63.5 Å². The van der Waals surface area contributed by atoms with E-state index in [2.05, 4.69) is 20.8 Å². The van der Waals surface area contributed by atoms with Crippen LogP contribution in [-0.2, 0) is 19.7 Å². The molecule has 1 aliphatic carbocycles. The van der Waals surface area contributed by atoms with E-state index in [1.807, 2.05) is 24.3 Å². The van der Waals surface area contributed by atoms with Crippen LogP contribution < -0.4 is 0 Å². The molecule has 0 radical (unpaired) electrons. The lowest BCUT2D eigenvalue weighted by Crippen LogP contribution is -2.28. The molecule has 0 spiro atoms. The van der Waals surface area contributed by atoms with Gasteiger partial charge in [0, 0.05) is 0 Å². The van der Waals surface area contributed by atoms with Crippen LogP contribution in [0.25, 0.3) is 0 Å². The fourth-order valence-corrected chi connectivity index (χ4v) is 3.95. The first-order valence-corrected chi connectivity index (χ1v) is 9.78. The maximum absolute atomic E-state index is 12.4. The molecule has 4 nitrogen and oxygen atoms in total. The minimum absolute atomic E-state index is 0.0141. The van der Waals surface area contributed by atoms with Gasteiger partial charge in [0.05, 0.1) is 13.2 Å². The van der Waals surface area contributed by atoms with Crippen molar-refractivity contribution in [1.29, 1.82) is 0 Å². The van der Waals surface area contributed by atoms with Gasteiger partial charge in [-0.2, -0.15) is 0 Å². The Kier molecular flexibility index (Phi) is 7.37. The van der Waals surface area contributed by atoms with E-state index in [9.17, 15) is 14.7 Å². The highest BCUT2D eigenvalue weighted by Crippen LogP contribution is 2.36. The number of carbonyl (C=O) groups excluding carboxylic acids is 2. The average molecular weight is 373 g/mol. The molecule has 0 heterocycles. The highest BCUT2D eigenvalue weighted by molar-refractivity contribution is 5.79. The van der Waals surface area contributed by atoms with Gasteiger partial charge >= 0.3 is 5.97 Å². The van der Waals surface area contributed by atoms with Gasteiger partial charge in [-0.3, -0.25) is 9.59 Å². The summed E-state index contributed by atoms with van der Waals surface area (Å²) in [5.74, 6) is -0.894. The summed E-state index contributed by atoms with van der Waals surface area (Å²) in [6, 6.07) is 7.78. The summed E-state index contributed by atoms with van der Waals surface area (Å²) >= 11 is 0. The Bertz CT molecular complexity index is 661. The highest BCUT2D eigenvalue weighted by Gasteiger charge is 2.32. The molecule has 0 unspecified atom stereocenters. The monoisotopic (exact) mass is 372 g/mol. The van der Waals surface area contributed by atoms with Crippen LogP contribution in [0.15, 0.2) is 35.9 Å². The van der Waals surface area contributed by atoms with Crippen molar-refractivity contribution in [2.45, 2.75) is 70.3 Å². The van der Waals surface area contributed by atoms with E-state index in [0.717, 1.165) is 48.7 Å². The highest BCUT2D eigenvalue weighted by atomic mass is 16.5. The van der Waals surface area contributed by atoms with Crippen molar-refractivity contribution in [2.24, 2.45) is 5.92 Å². The SMILES string of the molecule is COC(=O)[C@@H](c1ccc(C(C)(C)C)cc1)[C@@H](O)C/C(=C/C=O)C1CCCC1. The van der Waals surface area contributed by atoms with Gasteiger partial charge in [0.25, 0.3) is 0 Å². The van der Waals surface area contributed by atoms with Crippen molar-refractivity contribution < 1.29 is 19.4 Å². The number of rotatable bonds is 7. The Morgan fingerprint density at radius 3 is 2.30 bits per heavy atom. The largest absolute Gasteiger partial charge is 0.468 e. The molecule has 2 rings (SSSR count). The lowest BCUT2D eigenvalue weighted by atomic mass is 9.82. The van der Waals surface area contributed by atoms with Crippen molar-refractivity contribution in [3.63, 3.8) is 0 Å². The molecule has 0 bridgehead atoms. The first-order chi connectivity index (χ1) is 12.8.